The van der Waals surface area contributed by atoms with Crippen molar-refractivity contribution in [3.63, 3.8) is 0 Å². The molecule has 1 aromatic rings. The van der Waals surface area contributed by atoms with Crippen LogP contribution in [0.15, 0.2) is 12.1 Å². The first kappa shape index (κ1) is 14.6. The van der Waals surface area contributed by atoms with Crippen LogP contribution in [0.1, 0.15) is 34.3 Å². The van der Waals surface area contributed by atoms with Gasteiger partial charge in [0.2, 0.25) is 0 Å². The summed E-state index contributed by atoms with van der Waals surface area (Å²) in [6.45, 7) is 5.55. The fraction of sp³-hybridized carbons (Fsp3) is 0.562. The monoisotopic (exact) mass is 303 g/mol. The van der Waals surface area contributed by atoms with Crippen molar-refractivity contribution in [1.29, 1.82) is 0 Å². The van der Waals surface area contributed by atoms with Crippen LogP contribution >= 0.6 is 11.3 Å². The van der Waals surface area contributed by atoms with Crippen molar-refractivity contribution in [3.8, 4) is 11.8 Å². The van der Waals surface area contributed by atoms with Crippen LogP contribution in [0.4, 0.5) is 0 Å². The minimum Gasteiger partial charge on any atom is -0.332 e. The van der Waals surface area contributed by atoms with Gasteiger partial charge in [-0.1, -0.05) is 11.8 Å². The maximum Gasteiger partial charge on any atom is 0.264 e. The molecule has 0 spiro atoms. The lowest BCUT2D eigenvalue weighted by atomic mass is 10.1. The van der Waals surface area contributed by atoms with Gasteiger partial charge in [-0.15, -0.1) is 11.3 Å². The highest BCUT2D eigenvalue weighted by Crippen LogP contribution is 2.27. The molecule has 2 N–H and O–H groups in total. The van der Waals surface area contributed by atoms with Crippen LogP contribution < -0.4 is 5.73 Å². The second-order valence-electron chi connectivity index (χ2n) is 5.77. The molecule has 2 aliphatic heterocycles. The smallest absolute Gasteiger partial charge is 0.264 e. The number of thiophene rings is 1. The molecule has 2 atom stereocenters. The molecule has 2 aliphatic rings. The van der Waals surface area contributed by atoms with Gasteiger partial charge in [-0.05, 0) is 38.4 Å². The van der Waals surface area contributed by atoms with Crippen LogP contribution in [-0.2, 0) is 0 Å². The van der Waals surface area contributed by atoms with Gasteiger partial charge in [0.15, 0.2) is 0 Å². The Morgan fingerprint density at radius 3 is 3.14 bits per heavy atom. The number of hydrogen-bond donors (Lipinski definition) is 1. The lowest BCUT2D eigenvalue weighted by molar-refractivity contribution is 0.0400. The standard InChI is InChI=1S/C16H21N3OS/c1-12-10-18-9-3-4-13(18)11-19(12)16(20)15-7-6-14(21-15)5-2-8-17/h6-7,12-13H,3-4,8-11,17H2,1H3. The Morgan fingerprint density at radius 2 is 2.33 bits per heavy atom. The summed E-state index contributed by atoms with van der Waals surface area (Å²) in [5.41, 5.74) is 5.38. The average molecular weight is 303 g/mol. The molecular weight excluding hydrogens is 282 g/mol. The molecule has 2 unspecified atom stereocenters. The highest BCUT2D eigenvalue weighted by molar-refractivity contribution is 7.14. The van der Waals surface area contributed by atoms with Crippen molar-refractivity contribution in [2.75, 3.05) is 26.2 Å². The van der Waals surface area contributed by atoms with Crippen molar-refractivity contribution < 1.29 is 4.79 Å². The third-order valence-electron chi connectivity index (χ3n) is 4.33. The number of nitrogens with two attached hydrogens (primary N) is 1. The molecular formula is C16H21N3OS. The van der Waals surface area contributed by atoms with Crippen molar-refractivity contribution in [2.45, 2.75) is 31.8 Å². The van der Waals surface area contributed by atoms with Gasteiger partial charge in [0.25, 0.3) is 5.91 Å². The zero-order valence-electron chi connectivity index (χ0n) is 12.3. The fourth-order valence-corrected chi connectivity index (χ4v) is 4.11. The molecule has 3 heterocycles. The van der Waals surface area contributed by atoms with Crippen LogP contribution in [0, 0.1) is 11.8 Å². The summed E-state index contributed by atoms with van der Waals surface area (Å²) in [5, 5.41) is 0. The first-order chi connectivity index (χ1) is 10.2. The minimum absolute atomic E-state index is 0.153. The number of carbonyl (C=O) groups is 1. The lowest BCUT2D eigenvalue weighted by Gasteiger charge is -2.42. The number of nitrogens with zero attached hydrogens (tertiary/aromatic N) is 2. The summed E-state index contributed by atoms with van der Waals surface area (Å²) in [4.78, 5) is 19.0. The molecule has 1 aromatic heterocycles. The first-order valence-electron chi connectivity index (χ1n) is 7.53. The van der Waals surface area contributed by atoms with E-state index in [1.165, 1.54) is 30.7 Å². The summed E-state index contributed by atoms with van der Waals surface area (Å²) in [6, 6.07) is 4.65. The quantitative estimate of drug-likeness (QED) is 0.797. The molecule has 4 nitrogen and oxygen atoms in total. The molecule has 3 rings (SSSR count). The van der Waals surface area contributed by atoms with Crippen LogP contribution in [-0.4, -0.2) is 54.0 Å². The SMILES string of the molecule is CC1CN2CCCC2CN1C(=O)c1ccc(C#CCN)s1. The molecule has 0 radical (unpaired) electrons. The second kappa shape index (κ2) is 6.18. The van der Waals surface area contributed by atoms with E-state index in [0.29, 0.717) is 12.6 Å². The third-order valence-corrected chi connectivity index (χ3v) is 5.32. The number of fused-ring (bicyclic) bond motifs is 1. The topological polar surface area (TPSA) is 49.6 Å². The molecule has 0 saturated carbocycles. The Kier molecular flexibility index (Phi) is 4.29. The van der Waals surface area contributed by atoms with Crippen LogP contribution in [0.2, 0.25) is 0 Å². The maximum atomic E-state index is 12.7. The van der Waals surface area contributed by atoms with Gasteiger partial charge in [-0.3, -0.25) is 9.69 Å². The molecule has 2 saturated heterocycles. The second-order valence-corrected chi connectivity index (χ2v) is 6.85. The van der Waals surface area contributed by atoms with E-state index in [-0.39, 0.29) is 11.9 Å². The summed E-state index contributed by atoms with van der Waals surface area (Å²) in [7, 11) is 0. The van der Waals surface area contributed by atoms with Crippen LogP contribution in [0.25, 0.3) is 0 Å². The fourth-order valence-electron chi connectivity index (χ4n) is 3.27. The molecule has 0 bridgehead atoms. The van der Waals surface area contributed by atoms with E-state index < -0.39 is 0 Å². The van der Waals surface area contributed by atoms with E-state index in [2.05, 4.69) is 23.7 Å². The van der Waals surface area contributed by atoms with E-state index >= 15 is 0 Å². The number of amides is 1. The lowest BCUT2D eigenvalue weighted by Crippen LogP contribution is -2.56. The van der Waals surface area contributed by atoms with Crippen LogP contribution in [0.3, 0.4) is 0 Å². The summed E-state index contributed by atoms with van der Waals surface area (Å²) >= 11 is 1.47. The van der Waals surface area contributed by atoms with Gasteiger partial charge in [0, 0.05) is 25.2 Å². The third kappa shape index (κ3) is 2.98. The average Bonchev–Trinajstić information content (AvgIpc) is 3.12. The van der Waals surface area contributed by atoms with E-state index in [1.54, 1.807) is 0 Å². The van der Waals surface area contributed by atoms with Crippen molar-refractivity contribution in [1.82, 2.24) is 9.80 Å². The normalized spacial score (nSPS) is 25.3. The highest BCUT2D eigenvalue weighted by atomic mass is 32.1. The van der Waals surface area contributed by atoms with Crippen molar-refractivity contribution in [2.24, 2.45) is 5.73 Å². The summed E-state index contributed by atoms with van der Waals surface area (Å²) in [6.07, 6.45) is 2.48. The summed E-state index contributed by atoms with van der Waals surface area (Å²) < 4.78 is 0. The Hall–Kier alpha value is -1.35. The molecule has 1 amide bonds. The molecule has 0 aliphatic carbocycles. The zero-order valence-corrected chi connectivity index (χ0v) is 13.2. The first-order valence-corrected chi connectivity index (χ1v) is 8.34. The van der Waals surface area contributed by atoms with Gasteiger partial charge in [-0.2, -0.15) is 0 Å². The van der Waals surface area contributed by atoms with E-state index in [9.17, 15) is 4.79 Å². The Morgan fingerprint density at radius 1 is 1.48 bits per heavy atom. The largest absolute Gasteiger partial charge is 0.332 e. The predicted octanol–water partition coefficient (Wildman–Crippen LogP) is 1.37. The van der Waals surface area contributed by atoms with Gasteiger partial charge in [-0.25, -0.2) is 0 Å². The maximum absolute atomic E-state index is 12.7. The van der Waals surface area contributed by atoms with Crippen molar-refractivity contribution >= 4 is 17.2 Å². The van der Waals surface area contributed by atoms with Gasteiger partial charge in [0.05, 0.1) is 16.3 Å². The number of carbonyl (C=O) groups excluding carboxylic acids is 1. The highest BCUT2D eigenvalue weighted by Gasteiger charge is 2.36. The zero-order chi connectivity index (χ0) is 14.8. The molecule has 21 heavy (non-hydrogen) atoms. The van der Waals surface area contributed by atoms with E-state index in [0.717, 1.165) is 22.8 Å². The van der Waals surface area contributed by atoms with Gasteiger partial charge < -0.3 is 10.6 Å². The number of hydrogen-bond acceptors (Lipinski definition) is 4. The van der Waals surface area contributed by atoms with Gasteiger partial charge >= 0.3 is 0 Å². The number of rotatable bonds is 1. The number of piperazine rings is 1. The minimum atomic E-state index is 0.153. The summed E-state index contributed by atoms with van der Waals surface area (Å²) in [5.74, 6) is 5.98. The molecule has 2 fully saturated rings. The van der Waals surface area contributed by atoms with E-state index in [1.807, 2.05) is 17.0 Å². The Bertz CT molecular complexity index is 586. The molecule has 112 valence electrons. The predicted molar refractivity (Wildman–Crippen MR) is 85.3 cm³/mol. The van der Waals surface area contributed by atoms with Crippen molar-refractivity contribution in [3.05, 3.63) is 21.9 Å². The van der Waals surface area contributed by atoms with Crippen LogP contribution in [0.5, 0.6) is 0 Å². The molecule has 0 aromatic carbocycles. The Balaban J connectivity index is 1.73. The van der Waals surface area contributed by atoms with E-state index in [4.69, 9.17) is 5.73 Å². The molecule has 5 heteroatoms. The Labute approximate surface area is 129 Å². The van der Waals surface area contributed by atoms with Gasteiger partial charge in [0.1, 0.15) is 0 Å².